The highest BCUT2D eigenvalue weighted by molar-refractivity contribution is 5.48. The molecule has 0 bridgehead atoms. The molecule has 0 fully saturated rings. The van der Waals surface area contributed by atoms with Crippen molar-refractivity contribution in [2.24, 2.45) is 5.92 Å². The highest BCUT2D eigenvalue weighted by Crippen LogP contribution is 2.26. The van der Waals surface area contributed by atoms with Gasteiger partial charge >= 0.3 is 0 Å². The van der Waals surface area contributed by atoms with Gasteiger partial charge in [-0.05, 0) is 29.0 Å². The molecule has 0 aromatic heterocycles. The van der Waals surface area contributed by atoms with Gasteiger partial charge in [-0.25, -0.2) is 0 Å². The van der Waals surface area contributed by atoms with Crippen LogP contribution >= 0.6 is 0 Å². The maximum atomic E-state index is 9.47. The van der Waals surface area contributed by atoms with Crippen molar-refractivity contribution in [3.05, 3.63) is 29.8 Å². The van der Waals surface area contributed by atoms with E-state index >= 15 is 0 Å². The molecule has 18 heavy (non-hydrogen) atoms. The quantitative estimate of drug-likeness (QED) is 0.883. The fourth-order valence-corrected chi connectivity index (χ4v) is 2.17. The Kier molecular flexibility index (Phi) is 4.80. The Labute approximate surface area is 112 Å². The molecule has 0 saturated heterocycles. The minimum absolute atomic E-state index is 0.172. The van der Waals surface area contributed by atoms with Crippen molar-refractivity contribution >= 4 is 5.69 Å². The van der Waals surface area contributed by atoms with Crippen LogP contribution in [0.2, 0.25) is 0 Å². The van der Waals surface area contributed by atoms with Crippen molar-refractivity contribution in [2.75, 3.05) is 18.6 Å². The molecule has 2 heteroatoms. The molecule has 0 spiro atoms. The largest absolute Gasteiger partial charge is 0.394 e. The van der Waals surface area contributed by atoms with Gasteiger partial charge in [0, 0.05) is 12.7 Å². The van der Waals surface area contributed by atoms with Gasteiger partial charge in [0.1, 0.15) is 0 Å². The molecule has 2 nitrogen and oxygen atoms in total. The molecule has 0 aliphatic carbocycles. The van der Waals surface area contributed by atoms with Gasteiger partial charge in [0.05, 0.1) is 12.6 Å². The molecule has 102 valence electrons. The van der Waals surface area contributed by atoms with Gasteiger partial charge in [-0.3, -0.25) is 0 Å². The zero-order chi connectivity index (χ0) is 13.9. The molecule has 0 aliphatic rings. The van der Waals surface area contributed by atoms with Gasteiger partial charge in [0.15, 0.2) is 0 Å². The molecule has 0 saturated carbocycles. The van der Waals surface area contributed by atoms with Crippen molar-refractivity contribution in [3.63, 3.8) is 0 Å². The van der Waals surface area contributed by atoms with E-state index in [0.717, 1.165) is 5.69 Å². The van der Waals surface area contributed by atoms with Crippen LogP contribution in [0.1, 0.15) is 40.2 Å². The number of hydrogen-bond acceptors (Lipinski definition) is 2. The molecule has 0 radical (unpaired) electrons. The van der Waals surface area contributed by atoms with Gasteiger partial charge in [-0.15, -0.1) is 0 Å². The maximum absolute atomic E-state index is 9.47. The number of nitrogens with zero attached hydrogens (tertiary/aromatic N) is 1. The average Bonchev–Trinajstić information content (AvgIpc) is 2.28. The standard InChI is InChI=1S/C16H27NO/c1-12(2)15(11-18)17(6)14-9-7-13(8-10-14)16(3,4)5/h7-10,12,15,18H,11H2,1-6H3. The number of hydrogen-bond donors (Lipinski definition) is 1. The number of likely N-dealkylation sites (N-methyl/N-ethyl adjacent to an activating group) is 1. The van der Waals surface area contributed by atoms with Crippen LogP contribution in [-0.4, -0.2) is 24.8 Å². The van der Waals surface area contributed by atoms with Crippen LogP contribution in [-0.2, 0) is 5.41 Å². The fourth-order valence-electron chi connectivity index (χ4n) is 2.17. The summed E-state index contributed by atoms with van der Waals surface area (Å²) in [5.41, 5.74) is 2.69. The average molecular weight is 249 g/mol. The number of aliphatic hydroxyl groups is 1. The summed E-state index contributed by atoms with van der Waals surface area (Å²) in [4.78, 5) is 2.16. The van der Waals surface area contributed by atoms with Crippen LogP contribution in [0.4, 0.5) is 5.69 Å². The summed E-state index contributed by atoms with van der Waals surface area (Å²) in [5.74, 6) is 0.433. The van der Waals surface area contributed by atoms with Gasteiger partial charge in [0.25, 0.3) is 0 Å². The van der Waals surface area contributed by atoms with Gasteiger partial charge in [-0.1, -0.05) is 46.8 Å². The summed E-state index contributed by atoms with van der Waals surface area (Å²) in [5, 5.41) is 9.47. The molecule has 1 rings (SSSR count). The second-order valence-corrected chi connectivity index (χ2v) is 6.40. The van der Waals surface area contributed by atoms with Crippen molar-refractivity contribution in [3.8, 4) is 0 Å². The first kappa shape index (κ1) is 15.0. The van der Waals surface area contributed by atoms with Crippen LogP contribution in [0.5, 0.6) is 0 Å². The summed E-state index contributed by atoms with van der Waals surface area (Å²) in [6.45, 7) is 11.1. The van der Waals surface area contributed by atoms with Gasteiger partial charge in [-0.2, -0.15) is 0 Å². The van der Waals surface area contributed by atoms with Gasteiger partial charge < -0.3 is 10.0 Å². The molecule has 0 heterocycles. The van der Waals surface area contributed by atoms with Crippen LogP contribution in [0.3, 0.4) is 0 Å². The van der Waals surface area contributed by atoms with E-state index in [1.807, 2.05) is 7.05 Å². The van der Waals surface area contributed by atoms with E-state index in [4.69, 9.17) is 0 Å². The first-order valence-corrected chi connectivity index (χ1v) is 6.71. The first-order chi connectivity index (χ1) is 8.27. The topological polar surface area (TPSA) is 23.5 Å². The SMILES string of the molecule is CC(C)C(CO)N(C)c1ccc(C(C)(C)C)cc1. The molecule has 0 amide bonds. The molecule has 1 aromatic carbocycles. The van der Waals surface area contributed by atoms with E-state index < -0.39 is 0 Å². The second-order valence-electron chi connectivity index (χ2n) is 6.40. The highest BCUT2D eigenvalue weighted by atomic mass is 16.3. The molecule has 1 unspecified atom stereocenters. The zero-order valence-electron chi connectivity index (χ0n) is 12.6. The summed E-state index contributed by atoms with van der Waals surface area (Å²) in [7, 11) is 2.05. The Balaban J connectivity index is 2.91. The first-order valence-electron chi connectivity index (χ1n) is 6.71. The fraction of sp³-hybridized carbons (Fsp3) is 0.625. The number of aliphatic hydroxyl groups excluding tert-OH is 1. The predicted molar refractivity (Wildman–Crippen MR) is 79.3 cm³/mol. The highest BCUT2D eigenvalue weighted by Gasteiger charge is 2.19. The van der Waals surface area contributed by atoms with Crippen molar-refractivity contribution < 1.29 is 5.11 Å². The summed E-state index contributed by atoms with van der Waals surface area (Å²) < 4.78 is 0. The zero-order valence-corrected chi connectivity index (χ0v) is 12.6. The Morgan fingerprint density at radius 2 is 1.61 bits per heavy atom. The van der Waals surface area contributed by atoms with Crippen LogP contribution in [0, 0.1) is 5.92 Å². The lowest BCUT2D eigenvalue weighted by atomic mass is 9.87. The third-order valence-electron chi connectivity index (χ3n) is 3.59. The van der Waals surface area contributed by atoms with Crippen molar-refractivity contribution in [1.29, 1.82) is 0 Å². The van der Waals surface area contributed by atoms with Gasteiger partial charge in [0.2, 0.25) is 0 Å². The summed E-state index contributed by atoms with van der Waals surface area (Å²) in [6, 6.07) is 8.82. The van der Waals surface area contributed by atoms with Crippen LogP contribution < -0.4 is 4.90 Å². The third kappa shape index (κ3) is 3.49. The molecular formula is C16H27NO. The molecule has 1 atom stereocenters. The lowest BCUT2D eigenvalue weighted by Gasteiger charge is -2.32. The Morgan fingerprint density at radius 1 is 1.11 bits per heavy atom. The molecular weight excluding hydrogens is 222 g/mol. The lowest BCUT2D eigenvalue weighted by molar-refractivity contribution is 0.234. The Bertz CT molecular complexity index is 362. The second kappa shape index (κ2) is 5.75. The predicted octanol–water partition coefficient (Wildman–Crippen LogP) is 3.44. The van der Waals surface area contributed by atoms with E-state index in [1.165, 1.54) is 5.56 Å². The summed E-state index contributed by atoms with van der Waals surface area (Å²) in [6.07, 6.45) is 0. The molecule has 0 aliphatic heterocycles. The van der Waals surface area contributed by atoms with E-state index in [2.05, 4.69) is 63.8 Å². The number of rotatable bonds is 4. The Hall–Kier alpha value is -1.02. The third-order valence-corrected chi connectivity index (χ3v) is 3.59. The number of benzene rings is 1. The minimum Gasteiger partial charge on any atom is -0.394 e. The van der Waals surface area contributed by atoms with E-state index in [0.29, 0.717) is 5.92 Å². The molecule has 1 N–H and O–H groups in total. The summed E-state index contributed by atoms with van der Waals surface area (Å²) >= 11 is 0. The maximum Gasteiger partial charge on any atom is 0.0637 e. The minimum atomic E-state index is 0.172. The van der Waals surface area contributed by atoms with E-state index in [1.54, 1.807) is 0 Å². The van der Waals surface area contributed by atoms with Crippen molar-refractivity contribution in [2.45, 2.75) is 46.1 Å². The van der Waals surface area contributed by atoms with Crippen LogP contribution in [0.15, 0.2) is 24.3 Å². The van der Waals surface area contributed by atoms with Crippen LogP contribution in [0.25, 0.3) is 0 Å². The molecule has 1 aromatic rings. The lowest BCUT2D eigenvalue weighted by Crippen LogP contribution is -2.38. The van der Waals surface area contributed by atoms with E-state index in [9.17, 15) is 5.11 Å². The Morgan fingerprint density at radius 3 is 1.94 bits per heavy atom. The van der Waals surface area contributed by atoms with Crippen molar-refractivity contribution in [1.82, 2.24) is 0 Å². The monoisotopic (exact) mass is 249 g/mol. The number of anilines is 1. The normalized spacial score (nSPS) is 13.8. The van der Waals surface area contributed by atoms with E-state index in [-0.39, 0.29) is 18.1 Å². The smallest absolute Gasteiger partial charge is 0.0637 e.